The molecule has 1 aliphatic rings. The summed E-state index contributed by atoms with van der Waals surface area (Å²) in [5, 5.41) is 5.64. The predicted octanol–water partition coefficient (Wildman–Crippen LogP) is 4.41. The molecule has 0 aliphatic carbocycles. The Morgan fingerprint density at radius 1 is 1.39 bits per heavy atom. The molecular formula is C14H19Cl2NS. The van der Waals surface area contributed by atoms with Crippen LogP contribution in [0.1, 0.15) is 25.3 Å². The van der Waals surface area contributed by atoms with Crippen LogP contribution < -0.4 is 5.32 Å². The summed E-state index contributed by atoms with van der Waals surface area (Å²) in [6.45, 7) is 3.19. The number of hydrogen-bond acceptors (Lipinski definition) is 2. The molecule has 0 aromatic heterocycles. The van der Waals surface area contributed by atoms with Crippen LogP contribution in [0.2, 0.25) is 10.0 Å². The van der Waals surface area contributed by atoms with Crippen molar-refractivity contribution in [2.75, 3.05) is 12.3 Å². The van der Waals surface area contributed by atoms with E-state index in [1.165, 1.54) is 24.2 Å². The Morgan fingerprint density at radius 2 is 2.22 bits per heavy atom. The number of halogens is 2. The molecule has 1 fully saturated rings. The van der Waals surface area contributed by atoms with E-state index in [4.69, 9.17) is 23.2 Å². The number of hydrogen-bond donors (Lipinski definition) is 1. The zero-order valence-corrected chi connectivity index (χ0v) is 12.9. The Morgan fingerprint density at radius 3 is 2.83 bits per heavy atom. The topological polar surface area (TPSA) is 12.0 Å². The minimum absolute atomic E-state index is 0.541. The summed E-state index contributed by atoms with van der Waals surface area (Å²) in [7, 11) is 0. The second-order valence-corrected chi connectivity index (χ2v) is 6.83. The van der Waals surface area contributed by atoms with Crippen molar-refractivity contribution in [1.82, 2.24) is 5.32 Å². The van der Waals surface area contributed by atoms with E-state index >= 15 is 0 Å². The lowest BCUT2D eigenvalue weighted by molar-refractivity contribution is 0.495. The Labute approximate surface area is 124 Å². The quantitative estimate of drug-likeness (QED) is 0.865. The summed E-state index contributed by atoms with van der Waals surface area (Å²) < 4.78 is 0. The summed E-state index contributed by atoms with van der Waals surface area (Å²) in [5.41, 5.74) is 1.27. The molecule has 1 N–H and O–H groups in total. The first kappa shape index (κ1) is 14.5. The van der Waals surface area contributed by atoms with E-state index in [0.717, 1.165) is 18.2 Å². The second-order valence-electron chi connectivity index (χ2n) is 4.67. The van der Waals surface area contributed by atoms with Crippen molar-refractivity contribution >= 4 is 35.0 Å². The van der Waals surface area contributed by atoms with Gasteiger partial charge < -0.3 is 5.32 Å². The van der Waals surface area contributed by atoms with Gasteiger partial charge in [0.2, 0.25) is 0 Å². The lowest BCUT2D eigenvalue weighted by Gasteiger charge is -2.24. The van der Waals surface area contributed by atoms with Crippen molar-refractivity contribution in [2.24, 2.45) is 0 Å². The third kappa shape index (κ3) is 3.80. The molecule has 0 radical (unpaired) electrons. The van der Waals surface area contributed by atoms with Gasteiger partial charge in [0.1, 0.15) is 0 Å². The highest BCUT2D eigenvalue weighted by molar-refractivity contribution is 8.00. The first-order valence-electron chi connectivity index (χ1n) is 6.49. The van der Waals surface area contributed by atoms with Crippen LogP contribution >= 0.6 is 35.0 Å². The molecule has 2 atom stereocenters. The van der Waals surface area contributed by atoms with E-state index in [-0.39, 0.29) is 0 Å². The fourth-order valence-electron chi connectivity index (χ4n) is 2.44. The van der Waals surface area contributed by atoms with Crippen LogP contribution in [0.25, 0.3) is 0 Å². The molecule has 1 aromatic rings. The fourth-order valence-corrected chi connectivity index (χ4v) is 4.15. The van der Waals surface area contributed by atoms with Crippen molar-refractivity contribution in [2.45, 2.75) is 37.5 Å². The molecule has 1 heterocycles. The molecule has 4 heteroatoms. The number of likely N-dealkylation sites (N-methyl/N-ethyl adjacent to an activating group) is 1. The minimum Gasteiger partial charge on any atom is -0.313 e. The number of rotatable bonds is 5. The summed E-state index contributed by atoms with van der Waals surface area (Å²) in [6, 6.07) is 6.51. The fraction of sp³-hybridized carbons (Fsp3) is 0.571. The Hall–Kier alpha value is 0.110. The molecule has 0 amide bonds. The zero-order chi connectivity index (χ0) is 13.0. The molecule has 100 valence electrons. The van der Waals surface area contributed by atoms with Crippen LogP contribution in [0, 0.1) is 0 Å². The molecule has 0 spiro atoms. The summed E-state index contributed by atoms with van der Waals surface area (Å²) in [6.07, 6.45) is 3.70. The maximum atomic E-state index is 6.08. The van der Waals surface area contributed by atoms with Gasteiger partial charge in [-0.25, -0.2) is 0 Å². The van der Waals surface area contributed by atoms with Crippen LogP contribution in [-0.2, 0) is 6.42 Å². The lowest BCUT2D eigenvalue weighted by atomic mass is 10.0. The molecule has 0 bridgehead atoms. The van der Waals surface area contributed by atoms with Crippen molar-refractivity contribution in [1.29, 1.82) is 0 Å². The first-order chi connectivity index (χ1) is 8.70. The minimum atomic E-state index is 0.541. The molecule has 1 aliphatic heterocycles. The second kappa shape index (κ2) is 7.04. The highest BCUT2D eigenvalue weighted by Crippen LogP contribution is 2.31. The van der Waals surface area contributed by atoms with Crippen molar-refractivity contribution < 1.29 is 0 Å². The van der Waals surface area contributed by atoms with E-state index in [2.05, 4.69) is 30.1 Å². The number of thioether (sulfide) groups is 1. The average Bonchev–Trinajstić information content (AvgIpc) is 2.87. The van der Waals surface area contributed by atoms with Gasteiger partial charge in [-0.2, -0.15) is 11.8 Å². The smallest absolute Gasteiger partial charge is 0.0595 e. The van der Waals surface area contributed by atoms with E-state index in [0.29, 0.717) is 16.1 Å². The summed E-state index contributed by atoms with van der Waals surface area (Å²) >= 11 is 14.1. The SMILES string of the molecule is CCNC(Cc1ccc(Cl)c(Cl)c1)C1CCCS1. The Balaban J connectivity index is 2.04. The predicted molar refractivity (Wildman–Crippen MR) is 83.1 cm³/mol. The van der Waals surface area contributed by atoms with Gasteiger partial charge in [0.05, 0.1) is 10.0 Å². The van der Waals surface area contributed by atoms with Gasteiger partial charge in [-0.3, -0.25) is 0 Å². The lowest BCUT2D eigenvalue weighted by Crippen LogP contribution is -2.38. The summed E-state index contributed by atoms with van der Waals surface area (Å²) in [4.78, 5) is 0. The van der Waals surface area contributed by atoms with Crippen LogP contribution in [0.4, 0.5) is 0 Å². The van der Waals surface area contributed by atoms with Crippen LogP contribution in [0.15, 0.2) is 18.2 Å². The van der Waals surface area contributed by atoms with Gasteiger partial charge in [0, 0.05) is 11.3 Å². The van der Waals surface area contributed by atoms with Crippen molar-refractivity contribution in [3.63, 3.8) is 0 Å². The largest absolute Gasteiger partial charge is 0.313 e. The third-order valence-electron chi connectivity index (χ3n) is 3.32. The molecule has 1 aromatic carbocycles. The number of benzene rings is 1. The molecule has 1 saturated heterocycles. The molecule has 0 saturated carbocycles. The standard InChI is InChI=1S/C14H19Cl2NS/c1-2-17-13(14-4-3-7-18-14)9-10-5-6-11(15)12(16)8-10/h5-6,8,13-14,17H,2-4,7,9H2,1H3. The first-order valence-corrected chi connectivity index (χ1v) is 8.30. The van der Waals surface area contributed by atoms with Gasteiger partial charge in [0.25, 0.3) is 0 Å². The normalized spacial score (nSPS) is 21.2. The molecule has 2 unspecified atom stereocenters. The van der Waals surface area contributed by atoms with Gasteiger partial charge in [-0.15, -0.1) is 0 Å². The van der Waals surface area contributed by atoms with Gasteiger partial charge in [-0.05, 0) is 49.3 Å². The van der Waals surface area contributed by atoms with Gasteiger partial charge in [0.15, 0.2) is 0 Å². The van der Waals surface area contributed by atoms with Crippen LogP contribution in [-0.4, -0.2) is 23.6 Å². The maximum absolute atomic E-state index is 6.08. The van der Waals surface area contributed by atoms with Gasteiger partial charge in [-0.1, -0.05) is 36.2 Å². The van der Waals surface area contributed by atoms with Crippen molar-refractivity contribution in [3.05, 3.63) is 33.8 Å². The van der Waals surface area contributed by atoms with Crippen molar-refractivity contribution in [3.8, 4) is 0 Å². The van der Waals surface area contributed by atoms with E-state index in [1.807, 2.05) is 12.1 Å². The third-order valence-corrected chi connectivity index (χ3v) is 5.58. The Kier molecular flexibility index (Phi) is 5.68. The van der Waals surface area contributed by atoms with Crippen LogP contribution in [0.5, 0.6) is 0 Å². The highest BCUT2D eigenvalue weighted by atomic mass is 35.5. The molecule has 1 nitrogen and oxygen atoms in total. The van der Waals surface area contributed by atoms with Gasteiger partial charge >= 0.3 is 0 Å². The summed E-state index contributed by atoms with van der Waals surface area (Å²) in [5.74, 6) is 1.30. The van der Waals surface area contributed by atoms with Crippen LogP contribution in [0.3, 0.4) is 0 Å². The average molecular weight is 304 g/mol. The maximum Gasteiger partial charge on any atom is 0.0595 e. The number of nitrogens with one attached hydrogen (secondary N) is 1. The zero-order valence-electron chi connectivity index (χ0n) is 10.6. The monoisotopic (exact) mass is 303 g/mol. The van der Waals surface area contributed by atoms with E-state index in [9.17, 15) is 0 Å². The Bertz CT molecular complexity index is 391. The molecule has 2 rings (SSSR count). The van der Waals surface area contributed by atoms with E-state index < -0.39 is 0 Å². The molecular weight excluding hydrogens is 285 g/mol. The highest BCUT2D eigenvalue weighted by Gasteiger charge is 2.25. The van der Waals surface area contributed by atoms with E-state index in [1.54, 1.807) is 0 Å². The molecule has 18 heavy (non-hydrogen) atoms.